The van der Waals surface area contributed by atoms with Gasteiger partial charge in [-0.1, -0.05) is 36.0 Å². The SMILES string of the molecule is Cn1c(SCc2cn3ccccc3n2)nnc1-c1csc2ccccc12. The highest BCUT2D eigenvalue weighted by atomic mass is 32.2. The second-order valence-corrected chi connectivity index (χ2v) is 7.85. The van der Waals surface area contributed by atoms with Crippen LogP contribution in [-0.4, -0.2) is 24.1 Å². The second-order valence-electron chi connectivity index (χ2n) is 6.00. The largest absolute Gasteiger partial charge is 0.307 e. The fourth-order valence-electron chi connectivity index (χ4n) is 3.02. The summed E-state index contributed by atoms with van der Waals surface area (Å²) in [5.74, 6) is 1.66. The van der Waals surface area contributed by atoms with E-state index in [9.17, 15) is 0 Å². The van der Waals surface area contributed by atoms with E-state index in [0.717, 1.165) is 33.6 Å². The molecule has 0 bridgehead atoms. The number of nitrogens with zero attached hydrogens (tertiary/aromatic N) is 5. The molecule has 0 radical (unpaired) electrons. The lowest BCUT2D eigenvalue weighted by Crippen LogP contribution is -1.94. The van der Waals surface area contributed by atoms with Gasteiger partial charge in [0.25, 0.3) is 0 Å². The fraction of sp³-hybridized carbons (Fsp3) is 0.105. The third-order valence-corrected chi connectivity index (χ3v) is 6.34. The van der Waals surface area contributed by atoms with Crippen molar-refractivity contribution in [2.45, 2.75) is 10.9 Å². The quantitative estimate of drug-likeness (QED) is 0.428. The predicted octanol–water partition coefficient (Wildman–Crippen LogP) is 4.64. The van der Waals surface area contributed by atoms with Crippen LogP contribution in [0.15, 0.2) is 65.4 Å². The second kappa shape index (κ2) is 6.26. The van der Waals surface area contributed by atoms with Crippen molar-refractivity contribution in [1.29, 1.82) is 0 Å². The normalized spacial score (nSPS) is 11.6. The number of imidazole rings is 1. The van der Waals surface area contributed by atoms with E-state index in [1.54, 1.807) is 23.1 Å². The minimum absolute atomic E-state index is 0.762. The van der Waals surface area contributed by atoms with E-state index >= 15 is 0 Å². The maximum Gasteiger partial charge on any atom is 0.191 e. The van der Waals surface area contributed by atoms with Crippen LogP contribution in [-0.2, 0) is 12.8 Å². The van der Waals surface area contributed by atoms with Gasteiger partial charge in [-0.05, 0) is 18.2 Å². The number of fused-ring (bicyclic) bond motifs is 2. The first-order valence-corrected chi connectivity index (χ1v) is 10.1. The Kier molecular flexibility index (Phi) is 3.76. The molecule has 5 rings (SSSR count). The van der Waals surface area contributed by atoms with Crippen LogP contribution in [0.1, 0.15) is 5.69 Å². The summed E-state index contributed by atoms with van der Waals surface area (Å²) in [6.07, 6.45) is 4.07. The average Bonchev–Trinajstić information content (AvgIpc) is 3.36. The Labute approximate surface area is 158 Å². The van der Waals surface area contributed by atoms with Gasteiger partial charge in [0.15, 0.2) is 11.0 Å². The number of rotatable bonds is 4. The van der Waals surface area contributed by atoms with Crippen LogP contribution < -0.4 is 0 Å². The van der Waals surface area contributed by atoms with Crippen molar-refractivity contribution in [3.63, 3.8) is 0 Å². The van der Waals surface area contributed by atoms with Gasteiger partial charge in [-0.25, -0.2) is 4.98 Å². The van der Waals surface area contributed by atoms with Gasteiger partial charge in [0.05, 0.1) is 5.69 Å². The molecule has 0 atom stereocenters. The van der Waals surface area contributed by atoms with Crippen molar-refractivity contribution >= 4 is 38.8 Å². The molecule has 0 amide bonds. The number of thioether (sulfide) groups is 1. The molecule has 4 heterocycles. The molecule has 0 aliphatic carbocycles. The van der Waals surface area contributed by atoms with Gasteiger partial charge in [0, 0.05) is 46.2 Å². The Morgan fingerprint density at radius 2 is 1.96 bits per heavy atom. The summed E-state index contributed by atoms with van der Waals surface area (Å²) in [6, 6.07) is 14.4. The smallest absolute Gasteiger partial charge is 0.191 e. The minimum Gasteiger partial charge on any atom is -0.307 e. The Morgan fingerprint density at radius 3 is 2.88 bits per heavy atom. The molecule has 0 fully saturated rings. The van der Waals surface area contributed by atoms with Crippen LogP contribution in [0.4, 0.5) is 0 Å². The Bertz CT molecular complexity index is 1180. The highest BCUT2D eigenvalue weighted by Crippen LogP contribution is 2.34. The third kappa shape index (κ3) is 2.60. The van der Waals surface area contributed by atoms with Gasteiger partial charge in [0.2, 0.25) is 0 Å². The molecule has 5 nitrogen and oxygen atoms in total. The first-order valence-electron chi connectivity index (χ1n) is 8.21. The van der Waals surface area contributed by atoms with Gasteiger partial charge in [-0.15, -0.1) is 21.5 Å². The van der Waals surface area contributed by atoms with Gasteiger partial charge < -0.3 is 8.97 Å². The van der Waals surface area contributed by atoms with Crippen LogP contribution >= 0.6 is 23.1 Å². The Morgan fingerprint density at radius 1 is 1.08 bits per heavy atom. The molecular formula is C19H15N5S2. The summed E-state index contributed by atoms with van der Waals surface area (Å²) in [4.78, 5) is 4.64. The maximum absolute atomic E-state index is 4.64. The summed E-state index contributed by atoms with van der Waals surface area (Å²) < 4.78 is 5.37. The lowest BCUT2D eigenvalue weighted by atomic mass is 10.2. The van der Waals surface area contributed by atoms with Crippen LogP contribution in [0.5, 0.6) is 0 Å². The number of aromatic nitrogens is 5. The van der Waals surface area contributed by atoms with Crippen LogP contribution in [0.3, 0.4) is 0 Å². The predicted molar refractivity (Wildman–Crippen MR) is 107 cm³/mol. The van der Waals surface area contributed by atoms with Crippen molar-refractivity contribution in [1.82, 2.24) is 24.1 Å². The first-order chi connectivity index (χ1) is 12.8. The maximum atomic E-state index is 4.64. The number of thiophene rings is 1. The third-order valence-electron chi connectivity index (χ3n) is 4.32. The van der Waals surface area contributed by atoms with Gasteiger partial charge in [0.1, 0.15) is 5.65 Å². The van der Waals surface area contributed by atoms with E-state index in [2.05, 4.69) is 55.6 Å². The fourth-order valence-corrected chi connectivity index (χ4v) is 4.76. The van der Waals surface area contributed by atoms with Crippen molar-refractivity contribution in [3.8, 4) is 11.4 Å². The van der Waals surface area contributed by atoms with Crippen molar-refractivity contribution in [3.05, 3.63) is 65.9 Å². The minimum atomic E-state index is 0.762. The monoisotopic (exact) mass is 377 g/mol. The number of hydrogen-bond donors (Lipinski definition) is 0. The number of hydrogen-bond acceptors (Lipinski definition) is 5. The molecule has 0 saturated carbocycles. The lowest BCUT2D eigenvalue weighted by Gasteiger charge is -2.02. The summed E-state index contributed by atoms with van der Waals surface area (Å²) in [7, 11) is 2.02. The number of benzene rings is 1. The highest BCUT2D eigenvalue weighted by molar-refractivity contribution is 7.98. The first kappa shape index (κ1) is 15.6. The van der Waals surface area contributed by atoms with E-state index in [4.69, 9.17) is 0 Å². The van der Waals surface area contributed by atoms with E-state index in [-0.39, 0.29) is 0 Å². The molecule has 1 aromatic carbocycles. The van der Waals surface area contributed by atoms with Crippen molar-refractivity contribution in [2.75, 3.05) is 0 Å². The number of pyridine rings is 1. The lowest BCUT2D eigenvalue weighted by molar-refractivity contribution is 0.794. The zero-order chi connectivity index (χ0) is 17.5. The molecule has 26 heavy (non-hydrogen) atoms. The van der Waals surface area contributed by atoms with E-state index in [1.807, 2.05) is 35.8 Å². The van der Waals surface area contributed by atoms with Crippen LogP contribution in [0, 0.1) is 0 Å². The van der Waals surface area contributed by atoms with E-state index in [1.165, 1.54) is 10.1 Å². The Balaban J connectivity index is 1.42. The molecule has 4 aromatic heterocycles. The van der Waals surface area contributed by atoms with E-state index < -0.39 is 0 Å². The molecule has 128 valence electrons. The molecular weight excluding hydrogens is 362 g/mol. The molecule has 0 spiro atoms. The topological polar surface area (TPSA) is 48.0 Å². The summed E-state index contributed by atoms with van der Waals surface area (Å²) >= 11 is 3.39. The standard InChI is InChI=1S/C19H15N5S2/c1-23-18(15-12-25-16-7-3-2-6-14(15)16)21-22-19(23)26-11-13-10-24-9-5-4-8-17(24)20-13/h2-10,12H,11H2,1H3. The van der Waals surface area contributed by atoms with Gasteiger partial charge in [-0.2, -0.15) is 0 Å². The van der Waals surface area contributed by atoms with Crippen LogP contribution in [0.2, 0.25) is 0 Å². The average molecular weight is 377 g/mol. The zero-order valence-electron chi connectivity index (χ0n) is 14.0. The van der Waals surface area contributed by atoms with Crippen LogP contribution in [0.25, 0.3) is 27.1 Å². The van der Waals surface area contributed by atoms with Gasteiger partial charge >= 0.3 is 0 Å². The molecule has 0 saturated heterocycles. The molecule has 0 aliphatic rings. The van der Waals surface area contributed by atoms with Crippen molar-refractivity contribution < 1.29 is 0 Å². The van der Waals surface area contributed by atoms with Crippen molar-refractivity contribution in [2.24, 2.45) is 7.05 Å². The molecule has 0 unspecified atom stereocenters. The molecule has 0 aliphatic heterocycles. The molecule has 7 heteroatoms. The zero-order valence-corrected chi connectivity index (χ0v) is 15.7. The summed E-state index contributed by atoms with van der Waals surface area (Å²) in [5, 5.41) is 13.1. The van der Waals surface area contributed by atoms with E-state index in [0.29, 0.717) is 0 Å². The summed E-state index contributed by atoms with van der Waals surface area (Å²) in [6.45, 7) is 0. The highest BCUT2D eigenvalue weighted by Gasteiger charge is 2.15. The molecule has 0 N–H and O–H groups in total. The Hall–Kier alpha value is -2.64. The van der Waals surface area contributed by atoms with Gasteiger partial charge in [-0.3, -0.25) is 0 Å². The summed E-state index contributed by atoms with van der Waals surface area (Å²) in [5.41, 5.74) is 3.14. The molecule has 5 aromatic rings.